The summed E-state index contributed by atoms with van der Waals surface area (Å²) in [6.07, 6.45) is 3.57. The van der Waals surface area contributed by atoms with Crippen LogP contribution in [0.15, 0.2) is 0 Å². The van der Waals surface area contributed by atoms with Crippen molar-refractivity contribution in [2.45, 2.75) is 77.4 Å². The summed E-state index contributed by atoms with van der Waals surface area (Å²) in [6, 6.07) is -1.65. The summed E-state index contributed by atoms with van der Waals surface area (Å²) in [5, 5.41) is 27.0. The molecule has 2 aliphatic carbocycles. The molecule has 0 aromatic carbocycles. The Balaban J connectivity index is 1.76. The number of alkyl halides is 2. The minimum Gasteiger partial charge on any atom is -0.361 e. The molecule has 12 nitrogen and oxygen atoms in total. The molecule has 0 radical (unpaired) electrons. The number of nitrogens with zero attached hydrogens (tertiary/aromatic N) is 3. The minimum atomic E-state index is -0.825. The van der Waals surface area contributed by atoms with Crippen LogP contribution in [0, 0.1) is 32.1 Å². The third-order valence-electron chi connectivity index (χ3n) is 6.98. The predicted molar refractivity (Wildman–Crippen MR) is 139 cm³/mol. The Morgan fingerprint density at radius 3 is 1.79 bits per heavy atom. The number of hydrazine groups is 1. The maximum atomic E-state index is 13.6. The van der Waals surface area contributed by atoms with E-state index >= 15 is 0 Å². The van der Waals surface area contributed by atoms with Crippen molar-refractivity contribution in [1.82, 2.24) is 15.8 Å². The molecule has 2 saturated carbocycles. The highest BCUT2D eigenvalue weighted by molar-refractivity contribution is 14.1. The minimum absolute atomic E-state index is 0.00228. The summed E-state index contributed by atoms with van der Waals surface area (Å²) in [5.41, 5.74) is 2.84. The van der Waals surface area contributed by atoms with Crippen molar-refractivity contribution in [3.8, 4) is 0 Å². The van der Waals surface area contributed by atoms with Gasteiger partial charge in [0.2, 0.25) is 23.9 Å². The van der Waals surface area contributed by atoms with Crippen LogP contribution in [0.3, 0.4) is 0 Å². The first kappa shape index (κ1) is 27.9. The maximum absolute atomic E-state index is 13.6. The van der Waals surface area contributed by atoms with Gasteiger partial charge in [-0.05, 0) is 38.8 Å². The molecule has 1 saturated heterocycles. The molecule has 0 bridgehead atoms. The molecule has 2 N–H and O–H groups in total. The summed E-state index contributed by atoms with van der Waals surface area (Å²) < 4.78 is 5.56. The number of ether oxygens (including phenoxy) is 1. The smallest absolute Gasteiger partial charge is 0.248 e. The number of rotatable bonds is 8. The Morgan fingerprint density at radius 1 is 0.882 bits per heavy atom. The Hall–Kier alpha value is -0.720. The lowest BCUT2D eigenvalue weighted by Crippen LogP contribution is -2.57. The van der Waals surface area contributed by atoms with E-state index in [9.17, 15) is 29.8 Å². The molecular formula is C20H31I2N5O7. The molecule has 1 heterocycles. The number of nitro groups is 2. The van der Waals surface area contributed by atoms with Gasteiger partial charge in [-0.25, -0.2) is 5.01 Å². The van der Waals surface area contributed by atoms with Crippen molar-refractivity contribution in [1.29, 1.82) is 0 Å². The average molecular weight is 707 g/mol. The molecule has 0 aromatic heterocycles. The number of hydrogen-bond acceptors (Lipinski definition) is 9. The Bertz CT molecular complexity index is 720. The number of piperidine rings is 1. The number of imide groups is 1. The van der Waals surface area contributed by atoms with Gasteiger partial charge in [-0.15, -0.1) is 0 Å². The van der Waals surface area contributed by atoms with Crippen LogP contribution in [-0.4, -0.2) is 72.5 Å². The van der Waals surface area contributed by atoms with Crippen molar-refractivity contribution in [3.05, 3.63) is 20.2 Å². The lowest BCUT2D eigenvalue weighted by Gasteiger charge is -2.36. The molecule has 3 aliphatic rings. The van der Waals surface area contributed by atoms with Gasteiger partial charge in [0.25, 0.3) is 0 Å². The molecule has 2 amide bonds. The SMILES string of the molecule is O=C(C1CC([N+](=O)[O-])CCC1I)N(NCOC1CCNCC1)C(=O)C1CC([N+](=O)[O-])CCC1I. The lowest BCUT2D eigenvalue weighted by molar-refractivity contribution is -0.527. The van der Waals surface area contributed by atoms with E-state index in [2.05, 4.69) is 55.9 Å². The van der Waals surface area contributed by atoms with E-state index < -0.39 is 35.7 Å². The first-order valence-electron chi connectivity index (χ1n) is 11.7. The largest absolute Gasteiger partial charge is 0.361 e. The van der Waals surface area contributed by atoms with Gasteiger partial charge in [-0.3, -0.25) is 29.8 Å². The molecule has 1 aliphatic heterocycles. The number of nitrogens with one attached hydrogen (secondary N) is 2. The van der Waals surface area contributed by atoms with Crippen molar-refractivity contribution in [2.24, 2.45) is 11.8 Å². The number of carbonyl (C=O) groups is 2. The highest BCUT2D eigenvalue weighted by Crippen LogP contribution is 2.36. The molecule has 6 atom stereocenters. The standard InChI is InChI=1S/C20H31I2N5O7/c21-17-3-1-12(26(30)31)9-15(17)19(28)25(24-11-34-14-5-7-23-8-6-14)20(29)16-10-13(27(32)33)2-4-18(16)22/h12-18,23-24H,1-11H2. The van der Waals surface area contributed by atoms with Crippen molar-refractivity contribution in [3.63, 3.8) is 0 Å². The molecule has 192 valence electrons. The Kier molecular flexibility index (Phi) is 10.7. The third kappa shape index (κ3) is 7.16. The lowest BCUT2D eigenvalue weighted by atomic mass is 9.83. The van der Waals surface area contributed by atoms with Gasteiger partial charge in [0, 0.05) is 43.4 Å². The van der Waals surface area contributed by atoms with E-state index in [0.29, 0.717) is 25.7 Å². The second-order valence-electron chi connectivity index (χ2n) is 9.18. The number of carbonyl (C=O) groups excluding carboxylic acids is 2. The van der Waals surface area contributed by atoms with Gasteiger partial charge in [0.05, 0.1) is 17.9 Å². The van der Waals surface area contributed by atoms with Crippen LogP contribution < -0.4 is 10.7 Å². The molecule has 3 fully saturated rings. The molecule has 14 heteroatoms. The van der Waals surface area contributed by atoms with Crippen LogP contribution in [0.25, 0.3) is 0 Å². The highest BCUT2D eigenvalue weighted by atomic mass is 127. The van der Waals surface area contributed by atoms with Crippen LogP contribution in [0.1, 0.15) is 51.4 Å². The van der Waals surface area contributed by atoms with Gasteiger partial charge < -0.3 is 10.1 Å². The van der Waals surface area contributed by atoms with Crippen LogP contribution in [-0.2, 0) is 14.3 Å². The fraction of sp³-hybridized carbons (Fsp3) is 0.900. The second-order valence-corrected chi connectivity index (χ2v) is 12.4. The zero-order valence-electron chi connectivity index (χ0n) is 18.8. The normalized spacial score (nSPS) is 32.6. The summed E-state index contributed by atoms with van der Waals surface area (Å²) in [5.74, 6) is -2.42. The molecule has 6 unspecified atom stereocenters. The van der Waals surface area contributed by atoms with Crippen molar-refractivity contribution < 1.29 is 24.2 Å². The fourth-order valence-corrected chi connectivity index (χ4v) is 6.82. The van der Waals surface area contributed by atoms with Crippen LogP contribution in [0.2, 0.25) is 0 Å². The van der Waals surface area contributed by atoms with E-state index in [1.165, 1.54) is 0 Å². The zero-order valence-corrected chi connectivity index (χ0v) is 23.1. The number of amides is 2. The third-order valence-corrected chi connectivity index (χ3v) is 9.96. The van der Waals surface area contributed by atoms with E-state index in [0.717, 1.165) is 30.9 Å². The Morgan fingerprint density at radius 2 is 1.35 bits per heavy atom. The summed E-state index contributed by atoms with van der Waals surface area (Å²) in [6.45, 7) is 1.60. The maximum Gasteiger partial charge on any atom is 0.248 e. The topological polar surface area (TPSA) is 157 Å². The van der Waals surface area contributed by atoms with Crippen LogP contribution in [0.5, 0.6) is 0 Å². The fourth-order valence-electron chi connectivity index (χ4n) is 4.89. The summed E-state index contributed by atoms with van der Waals surface area (Å²) in [7, 11) is 0. The van der Waals surface area contributed by atoms with E-state index in [1.807, 2.05) is 0 Å². The zero-order chi connectivity index (χ0) is 24.8. The van der Waals surface area contributed by atoms with Crippen molar-refractivity contribution >= 4 is 57.0 Å². The molecule has 3 rings (SSSR count). The van der Waals surface area contributed by atoms with Gasteiger partial charge in [0.1, 0.15) is 6.73 Å². The van der Waals surface area contributed by atoms with Gasteiger partial charge in [0.15, 0.2) is 0 Å². The molecular weight excluding hydrogens is 676 g/mol. The number of halogens is 2. The Labute approximate surface area is 225 Å². The first-order valence-corrected chi connectivity index (χ1v) is 14.2. The second kappa shape index (κ2) is 13.0. The van der Waals surface area contributed by atoms with Gasteiger partial charge >= 0.3 is 0 Å². The highest BCUT2D eigenvalue weighted by Gasteiger charge is 2.46. The first-order chi connectivity index (χ1) is 16.2. The average Bonchev–Trinajstić information content (AvgIpc) is 2.82. The molecule has 34 heavy (non-hydrogen) atoms. The monoisotopic (exact) mass is 707 g/mol. The van der Waals surface area contributed by atoms with Crippen LogP contribution in [0.4, 0.5) is 0 Å². The predicted octanol–water partition coefficient (Wildman–Crippen LogP) is 2.07. The molecule has 0 spiro atoms. The van der Waals surface area contributed by atoms with E-state index in [1.54, 1.807) is 0 Å². The summed E-state index contributed by atoms with van der Waals surface area (Å²) >= 11 is 4.26. The van der Waals surface area contributed by atoms with E-state index in [4.69, 9.17) is 4.74 Å². The van der Waals surface area contributed by atoms with Crippen LogP contribution >= 0.6 is 45.2 Å². The van der Waals surface area contributed by atoms with E-state index in [-0.39, 0.29) is 43.4 Å². The quantitative estimate of drug-likeness (QED) is 0.0964. The number of hydrogen-bond donors (Lipinski definition) is 2. The van der Waals surface area contributed by atoms with Gasteiger partial charge in [-0.1, -0.05) is 45.2 Å². The van der Waals surface area contributed by atoms with Gasteiger partial charge in [-0.2, -0.15) is 5.43 Å². The summed E-state index contributed by atoms with van der Waals surface area (Å²) in [4.78, 5) is 49.2. The van der Waals surface area contributed by atoms with Crippen molar-refractivity contribution in [2.75, 3.05) is 19.8 Å². The molecule has 0 aromatic rings.